The molecule has 0 radical (unpaired) electrons. The normalized spacial score (nSPS) is 17.9. The van der Waals surface area contributed by atoms with Gasteiger partial charge in [-0.15, -0.1) is 0 Å². The first-order valence-electron chi connectivity index (χ1n) is 10.0. The van der Waals surface area contributed by atoms with Gasteiger partial charge in [0.05, 0.1) is 22.6 Å². The number of fused-ring (bicyclic) bond motifs is 1. The summed E-state index contributed by atoms with van der Waals surface area (Å²) in [5.41, 5.74) is 3.11. The summed E-state index contributed by atoms with van der Waals surface area (Å²) < 4.78 is 13.6. The number of H-pyrrole nitrogens is 1. The van der Waals surface area contributed by atoms with E-state index in [0.29, 0.717) is 22.2 Å². The van der Waals surface area contributed by atoms with Gasteiger partial charge in [0, 0.05) is 5.56 Å². The molecule has 0 aliphatic carbocycles. The predicted octanol–water partition coefficient (Wildman–Crippen LogP) is 4.64. The molecule has 1 saturated heterocycles. The van der Waals surface area contributed by atoms with Crippen molar-refractivity contribution in [1.29, 1.82) is 0 Å². The Hall–Kier alpha value is -4.26. The number of halogens is 1. The number of aromatic amines is 1. The van der Waals surface area contributed by atoms with Crippen molar-refractivity contribution in [3.63, 3.8) is 0 Å². The van der Waals surface area contributed by atoms with Crippen molar-refractivity contribution < 1.29 is 19.1 Å². The number of benzene rings is 3. The van der Waals surface area contributed by atoms with Gasteiger partial charge in [-0.05, 0) is 36.8 Å². The molecule has 0 saturated carbocycles. The number of carbonyl (C=O) groups excluding carboxylic acids is 2. The molecule has 1 aliphatic rings. The average molecular weight is 427 g/mol. The Morgan fingerprint density at radius 3 is 2.38 bits per heavy atom. The molecule has 1 unspecified atom stereocenters. The van der Waals surface area contributed by atoms with Crippen LogP contribution in [0.2, 0.25) is 0 Å². The lowest BCUT2D eigenvalue weighted by atomic mass is 9.95. The summed E-state index contributed by atoms with van der Waals surface area (Å²) in [4.78, 5) is 35.0. The number of hydrogen-bond acceptors (Lipinski definition) is 4. The minimum absolute atomic E-state index is 0.0779. The zero-order valence-electron chi connectivity index (χ0n) is 17.0. The van der Waals surface area contributed by atoms with Gasteiger partial charge in [-0.1, -0.05) is 54.1 Å². The smallest absolute Gasteiger partial charge is 0.302 e. The van der Waals surface area contributed by atoms with Gasteiger partial charge in [-0.25, -0.2) is 9.37 Å². The van der Waals surface area contributed by atoms with Crippen molar-refractivity contribution in [2.24, 2.45) is 0 Å². The molecule has 6 nitrogen and oxygen atoms in total. The SMILES string of the molecule is Cc1ccc(/C(O)=C2\C(=O)C(=O)N(c3nc4ccccc4[nH]3)C2c2ccc(F)cc2)cc1. The van der Waals surface area contributed by atoms with Crippen LogP contribution in [0.1, 0.15) is 22.7 Å². The van der Waals surface area contributed by atoms with Crippen LogP contribution in [-0.2, 0) is 9.59 Å². The third kappa shape index (κ3) is 3.15. The van der Waals surface area contributed by atoms with Gasteiger partial charge in [0.15, 0.2) is 0 Å². The summed E-state index contributed by atoms with van der Waals surface area (Å²) in [5.74, 6) is -2.24. The third-order valence-electron chi connectivity index (χ3n) is 5.56. The van der Waals surface area contributed by atoms with Crippen LogP contribution in [-0.4, -0.2) is 26.8 Å². The summed E-state index contributed by atoms with van der Waals surface area (Å²) >= 11 is 0. The second kappa shape index (κ2) is 7.46. The molecule has 3 aromatic carbocycles. The van der Waals surface area contributed by atoms with Gasteiger partial charge in [-0.2, -0.15) is 0 Å². The van der Waals surface area contributed by atoms with Crippen molar-refractivity contribution in [3.8, 4) is 0 Å². The van der Waals surface area contributed by atoms with E-state index in [1.165, 1.54) is 29.2 Å². The second-order valence-electron chi connectivity index (χ2n) is 7.66. The minimum atomic E-state index is -0.975. The standard InChI is InChI=1S/C25H18FN3O3/c1-14-6-8-16(9-7-14)22(30)20-21(15-10-12-17(26)13-11-15)29(24(32)23(20)31)25-27-18-4-2-3-5-19(18)28-25/h2-13,21,30H,1H3,(H,27,28)/b22-20+. The van der Waals surface area contributed by atoms with Crippen LogP contribution in [0.15, 0.2) is 78.4 Å². The number of nitrogens with zero attached hydrogens (tertiary/aromatic N) is 2. The fraction of sp³-hybridized carbons (Fsp3) is 0.0800. The molecule has 158 valence electrons. The number of amides is 1. The molecule has 5 rings (SSSR count). The lowest BCUT2D eigenvalue weighted by Crippen LogP contribution is -2.30. The number of Topliss-reactive ketones (excluding diaryl/α,β-unsaturated/α-hetero) is 1. The summed E-state index contributed by atoms with van der Waals surface area (Å²) in [5, 5.41) is 11.1. The number of rotatable bonds is 3. The van der Waals surface area contributed by atoms with Gasteiger partial charge in [0.25, 0.3) is 5.78 Å². The lowest BCUT2D eigenvalue weighted by Gasteiger charge is -2.23. The molecular weight excluding hydrogens is 409 g/mol. The van der Waals surface area contributed by atoms with E-state index >= 15 is 0 Å². The van der Waals surface area contributed by atoms with Gasteiger partial charge in [0.1, 0.15) is 11.6 Å². The van der Waals surface area contributed by atoms with E-state index in [-0.39, 0.29) is 17.3 Å². The zero-order valence-corrected chi connectivity index (χ0v) is 17.0. The van der Waals surface area contributed by atoms with Crippen molar-refractivity contribution in [1.82, 2.24) is 9.97 Å². The number of carbonyl (C=O) groups is 2. The molecule has 0 bridgehead atoms. The van der Waals surface area contributed by atoms with Crippen molar-refractivity contribution in [3.05, 3.63) is 101 Å². The Labute approximate surface area is 182 Å². The van der Waals surface area contributed by atoms with Crippen molar-refractivity contribution >= 4 is 34.4 Å². The van der Waals surface area contributed by atoms with Crippen LogP contribution in [0.5, 0.6) is 0 Å². The largest absolute Gasteiger partial charge is 0.507 e. The van der Waals surface area contributed by atoms with Crippen LogP contribution in [0.25, 0.3) is 16.8 Å². The summed E-state index contributed by atoms with van der Waals surface area (Å²) in [6.45, 7) is 1.91. The summed E-state index contributed by atoms with van der Waals surface area (Å²) in [7, 11) is 0. The Morgan fingerprint density at radius 1 is 1.00 bits per heavy atom. The number of aliphatic hydroxyl groups is 1. The Bertz CT molecular complexity index is 1360. The Kier molecular flexibility index (Phi) is 4.59. The lowest BCUT2D eigenvalue weighted by molar-refractivity contribution is -0.132. The molecule has 2 N–H and O–H groups in total. The van der Waals surface area contributed by atoms with Crippen molar-refractivity contribution in [2.45, 2.75) is 13.0 Å². The second-order valence-corrected chi connectivity index (χ2v) is 7.66. The Balaban J connectivity index is 1.73. The van der Waals surface area contributed by atoms with E-state index in [1.807, 2.05) is 25.1 Å². The zero-order chi connectivity index (χ0) is 22.4. The molecule has 1 aliphatic heterocycles. The van der Waals surface area contributed by atoms with Gasteiger partial charge in [-0.3, -0.25) is 14.5 Å². The highest BCUT2D eigenvalue weighted by Crippen LogP contribution is 2.41. The highest BCUT2D eigenvalue weighted by Gasteiger charge is 2.48. The van der Waals surface area contributed by atoms with E-state index < -0.39 is 23.5 Å². The number of aryl methyl sites for hydroxylation is 1. The topological polar surface area (TPSA) is 86.3 Å². The number of anilines is 1. The van der Waals surface area contributed by atoms with E-state index in [1.54, 1.807) is 30.3 Å². The maximum Gasteiger partial charge on any atom is 0.302 e. The fourth-order valence-corrected chi connectivity index (χ4v) is 3.93. The quantitative estimate of drug-likeness (QED) is 0.283. The molecule has 2 heterocycles. The molecule has 1 fully saturated rings. The first-order valence-corrected chi connectivity index (χ1v) is 10.0. The minimum Gasteiger partial charge on any atom is -0.507 e. The molecule has 1 atom stereocenters. The number of nitrogens with one attached hydrogen (secondary N) is 1. The molecule has 1 amide bonds. The maximum absolute atomic E-state index is 13.6. The van der Waals surface area contributed by atoms with Crippen LogP contribution < -0.4 is 4.90 Å². The van der Waals surface area contributed by atoms with Gasteiger partial charge in [0.2, 0.25) is 5.95 Å². The fourth-order valence-electron chi connectivity index (χ4n) is 3.93. The molecule has 7 heteroatoms. The number of hydrogen-bond donors (Lipinski definition) is 2. The number of para-hydroxylation sites is 2. The molecule has 1 aromatic heterocycles. The molecule has 4 aromatic rings. The molecular formula is C25H18FN3O3. The number of imidazole rings is 1. The number of ketones is 1. The number of aliphatic hydroxyl groups excluding tert-OH is 1. The molecule has 32 heavy (non-hydrogen) atoms. The highest BCUT2D eigenvalue weighted by atomic mass is 19.1. The van der Waals surface area contributed by atoms with Gasteiger partial charge >= 0.3 is 5.91 Å². The average Bonchev–Trinajstić information content (AvgIpc) is 3.33. The van der Waals surface area contributed by atoms with Crippen LogP contribution >= 0.6 is 0 Å². The summed E-state index contributed by atoms with van der Waals surface area (Å²) in [6, 6.07) is 18.7. The van der Waals surface area contributed by atoms with E-state index in [2.05, 4.69) is 9.97 Å². The monoisotopic (exact) mass is 427 g/mol. The highest BCUT2D eigenvalue weighted by molar-refractivity contribution is 6.51. The summed E-state index contributed by atoms with van der Waals surface area (Å²) in [6.07, 6.45) is 0. The molecule has 0 spiro atoms. The van der Waals surface area contributed by atoms with Crippen LogP contribution in [0.3, 0.4) is 0 Å². The number of aromatic nitrogens is 2. The first kappa shape index (κ1) is 19.7. The predicted molar refractivity (Wildman–Crippen MR) is 118 cm³/mol. The van der Waals surface area contributed by atoms with Gasteiger partial charge < -0.3 is 10.1 Å². The van der Waals surface area contributed by atoms with E-state index in [9.17, 15) is 19.1 Å². The van der Waals surface area contributed by atoms with Crippen LogP contribution in [0.4, 0.5) is 10.3 Å². The van der Waals surface area contributed by atoms with E-state index in [4.69, 9.17) is 0 Å². The van der Waals surface area contributed by atoms with E-state index in [0.717, 1.165) is 5.56 Å². The third-order valence-corrected chi connectivity index (χ3v) is 5.56. The maximum atomic E-state index is 13.6. The van der Waals surface area contributed by atoms with Crippen molar-refractivity contribution in [2.75, 3.05) is 4.90 Å². The van der Waals surface area contributed by atoms with Crippen LogP contribution in [0, 0.1) is 12.7 Å². The first-order chi connectivity index (χ1) is 15.4. The Morgan fingerprint density at radius 2 is 1.69 bits per heavy atom.